The summed E-state index contributed by atoms with van der Waals surface area (Å²) in [6.45, 7) is 0. The molecule has 0 aliphatic heterocycles. The van der Waals surface area contributed by atoms with Gasteiger partial charge in [0, 0.05) is 11.3 Å². The number of nitrogens with zero attached hydrogens (tertiary/aromatic N) is 2. The SMILES string of the molecule is O=C(c1cccc(F)c1)n1c(SCc2ccccc2)nc2ccccc21. The Morgan fingerprint density at radius 3 is 2.54 bits per heavy atom. The van der Waals surface area contributed by atoms with Gasteiger partial charge in [-0.2, -0.15) is 0 Å². The number of carbonyl (C=O) groups is 1. The Labute approximate surface area is 154 Å². The quantitative estimate of drug-likeness (QED) is 0.471. The second-order valence-electron chi connectivity index (χ2n) is 5.81. The third-order valence-electron chi connectivity index (χ3n) is 4.02. The standard InChI is InChI=1S/C21H15FN2OS/c22-17-10-6-9-16(13-17)20(25)24-19-12-5-4-11-18(19)23-21(24)26-14-15-7-2-1-3-8-15/h1-13H,14H2. The second-order valence-corrected chi connectivity index (χ2v) is 6.75. The zero-order chi connectivity index (χ0) is 17.9. The average Bonchev–Trinajstić information content (AvgIpc) is 3.05. The topological polar surface area (TPSA) is 34.9 Å². The molecule has 3 nitrogen and oxygen atoms in total. The van der Waals surface area contributed by atoms with Crippen LogP contribution in [0.4, 0.5) is 4.39 Å². The van der Waals surface area contributed by atoms with E-state index in [4.69, 9.17) is 0 Å². The van der Waals surface area contributed by atoms with E-state index in [1.54, 1.807) is 16.7 Å². The van der Waals surface area contributed by atoms with Crippen LogP contribution in [0.2, 0.25) is 0 Å². The normalized spacial score (nSPS) is 11.0. The lowest BCUT2D eigenvalue weighted by molar-refractivity contribution is 0.0954. The van der Waals surface area contributed by atoms with E-state index in [0.717, 1.165) is 16.6 Å². The van der Waals surface area contributed by atoms with Gasteiger partial charge in [-0.15, -0.1) is 0 Å². The molecule has 0 atom stereocenters. The molecule has 0 amide bonds. The van der Waals surface area contributed by atoms with Crippen LogP contribution in [0.5, 0.6) is 0 Å². The first kappa shape index (κ1) is 16.5. The molecule has 128 valence electrons. The predicted molar refractivity (Wildman–Crippen MR) is 102 cm³/mol. The van der Waals surface area contributed by atoms with Crippen LogP contribution in [0.15, 0.2) is 84.0 Å². The fourth-order valence-corrected chi connectivity index (χ4v) is 3.73. The Morgan fingerprint density at radius 1 is 0.962 bits per heavy atom. The summed E-state index contributed by atoms with van der Waals surface area (Å²) in [6, 6.07) is 23.2. The van der Waals surface area contributed by atoms with Crippen LogP contribution in [0, 0.1) is 5.82 Å². The summed E-state index contributed by atoms with van der Waals surface area (Å²) in [5.41, 5.74) is 2.91. The molecule has 5 heteroatoms. The largest absolute Gasteiger partial charge is 0.268 e. The van der Waals surface area contributed by atoms with Gasteiger partial charge < -0.3 is 0 Å². The fraction of sp³-hybridized carbons (Fsp3) is 0.0476. The summed E-state index contributed by atoms with van der Waals surface area (Å²) in [6.07, 6.45) is 0. The number of aromatic nitrogens is 2. The maximum Gasteiger partial charge on any atom is 0.264 e. The molecule has 1 aromatic heterocycles. The van der Waals surface area contributed by atoms with Crippen molar-refractivity contribution >= 4 is 28.7 Å². The molecule has 0 aliphatic rings. The zero-order valence-corrected chi connectivity index (χ0v) is 14.6. The van der Waals surface area contributed by atoms with Crippen molar-refractivity contribution in [1.82, 2.24) is 9.55 Å². The highest BCUT2D eigenvalue weighted by Crippen LogP contribution is 2.27. The van der Waals surface area contributed by atoms with E-state index in [9.17, 15) is 9.18 Å². The van der Waals surface area contributed by atoms with Crippen molar-refractivity contribution in [3.05, 3.63) is 95.8 Å². The third-order valence-corrected chi connectivity index (χ3v) is 5.03. The van der Waals surface area contributed by atoms with Gasteiger partial charge in [0.1, 0.15) is 5.82 Å². The van der Waals surface area contributed by atoms with Gasteiger partial charge in [-0.25, -0.2) is 9.37 Å². The molecule has 0 radical (unpaired) electrons. The molecule has 4 aromatic rings. The van der Waals surface area contributed by atoms with Gasteiger partial charge in [0.15, 0.2) is 5.16 Å². The van der Waals surface area contributed by atoms with Gasteiger partial charge in [0.2, 0.25) is 0 Å². The minimum Gasteiger partial charge on any atom is -0.268 e. The van der Waals surface area contributed by atoms with Crippen molar-refractivity contribution in [2.45, 2.75) is 10.9 Å². The van der Waals surface area contributed by atoms with Crippen molar-refractivity contribution < 1.29 is 9.18 Å². The van der Waals surface area contributed by atoms with Gasteiger partial charge in [0.05, 0.1) is 11.0 Å². The molecule has 0 saturated heterocycles. The van der Waals surface area contributed by atoms with Gasteiger partial charge in [-0.1, -0.05) is 60.3 Å². The van der Waals surface area contributed by atoms with E-state index < -0.39 is 5.82 Å². The Hall–Kier alpha value is -2.92. The molecule has 3 aromatic carbocycles. The first-order valence-electron chi connectivity index (χ1n) is 8.17. The number of rotatable bonds is 4. The average molecular weight is 362 g/mol. The van der Waals surface area contributed by atoms with Crippen LogP contribution in [0.1, 0.15) is 15.9 Å². The van der Waals surface area contributed by atoms with Crippen LogP contribution in [-0.4, -0.2) is 15.5 Å². The lowest BCUT2D eigenvalue weighted by Crippen LogP contribution is -2.13. The lowest BCUT2D eigenvalue weighted by atomic mass is 10.2. The minimum absolute atomic E-state index is 0.284. The highest BCUT2D eigenvalue weighted by molar-refractivity contribution is 7.98. The van der Waals surface area contributed by atoms with E-state index in [1.807, 2.05) is 54.6 Å². The van der Waals surface area contributed by atoms with Crippen LogP contribution >= 0.6 is 11.8 Å². The molecule has 0 unspecified atom stereocenters. The fourth-order valence-electron chi connectivity index (χ4n) is 2.77. The maximum atomic E-state index is 13.6. The molecule has 0 bridgehead atoms. The molecule has 26 heavy (non-hydrogen) atoms. The lowest BCUT2D eigenvalue weighted by Gasteiger charge is -2.08. The van der Waals surface area contributed by atoms with Crippen molar-refractivity contribution in [2.75, 3.05) is 0 Å². The third kappa shape index (κ3) is 3.26. The minimum atomic E-state index is -0.432. The molecule has 4 rings (SSSR count). The predicted octanol–water partition coefficient (Wildman–Crippen LogP) is 5.16. The Morgan fingerprint density at radius 2 is 1.73 bits per heavy atom. The Kier molecular flexibility index (Phi) is 4.54. The highest BCUT2D eigenvalue weighted by atomic mass is 32.2. The molecule has 0 N–H and O–H groups in total. The van der Waals surface area contributed by atoms with Gasteiger partial charge in [-0.05, 0) is 35.9 Å². The number of halogens is 1. The van der Waals surface area contributed by atoms with Gasteiger partial charge in [-0.3, -0.25) is 9.36 Å². The molecule has 0 saturated carbocycles. The summed E-state index contributed by atoms with van der Waals surface area (Å²) in [5.74, 6) is -0.0202. The molecule has 0 aliphatic carbocycles. The maximum absolute atomic E-state index is 13.6. The van der Waals surface area contributed by atoms with Crippen LogP contribution < -0.4 is 0 Å². The smallest absolute Gasteiger partial charge is 0.264 e. The molecule has 0 spiro atoms. The molecule has 0 fully saturated rings. The summed E-state index contributed by atoms with van der Waals surface area (Å²) in [4.78, 5) is 17.7. The Balaban J connectivity index is 1.75. The summed E-state index contributed by atoms with van der Waals surface area (Å²) < 4.78 is 15.1. The zero-order valence-electron chi connectivity index (χ0n) is 13.8. The monoisotopic (exact) mass is 362 g/mol. The molecular formula is C21H15FN2OS. The number of imidazole rings is 1. The first-order valence-corrected chi connectivity index (χ1v) is 9.15. The number of para-hydroxylation sites is 2. The first-order chi connectivity index (χ1) is 12.7. The summed E-state index contributed by atoms with van der Waals surface area (Å²) in [5, 5.41) is 0.601. The molecular weight excluding hydrogens is 347 g/mol. The van der Waals surface area contributed by atoms with E-state index >= 15 is 0 Å². The van der Waals surface area contributed by atoms with Crippen LogP contribution in [0.25, 0.3) is 11.0 Å². The van der Waals surface area contributed by atoms with Crippen molar-refractivity contribution in [3.8, 4) is 0 Å². The van der Waals surface area contributed by atoms with E-state index in [2.05, 4.69) is 4.98 Å². The van der Waals surface area contributed by atoms with Gasteiger partial charge >= 0.3 is 0 Å². The number of carbonyl (C=O) groups excluding carboxylic acids is 1. The number of thioether (sulfide) groups is 1. The Bertz CT molecular complexity index is 1080. The summed E-state index contributed by atoms with van der Waals surface area (Å²) >= 11 is 1.49. The van der Waals surface area contributed by atoms with E-state index in [-0.39, 0.29) is 5.91 Å². The number of fused-ring (bicyclic) bond motifs is 1. The number of benzene rings is 3. The van der Waals surface area contributed by atoms with Crippen LogP contribution in [-0.2, 0) is 5.75 Å². The van der Waals surface area contributed by atoms with Crippen molar-refractivity contribution in [3.63, 3.8) is 0 Å². The highest BCUT2D eigenvalue weighted by Gasteiger charge is 2.19. The number of hydrogen-bond acceptors (Lipinski definition) is 3. The summed E-state index contributed by atoms with van der Waals surface area (Å²) in [7, 11) is 0. The van der Waals surface area contributed by atoms with Crippen LogP contribution in [0.3, 0.4) is 0 Å². The number of hydrogen-bond donors (Lipinski definition) is 0. The molecule has 1 heterocycles. The van der Waals surface area contributed by atoms with Crippen molar-refractivity contribution in [1.29, 1.82) is 0 Å². The van der Waals surface area contributed by atoms with Gasteiger partial charge in [0.25, 0.3) is 5.91 Å². The van der Waals surface area contributed by atoms with E-state index in [0.29, 0.717) is 16.5 Å². The second kappa shape index (κ2) is 7.14. The van der Waals surface area contributed by atoms with Crippen molar-refractivity contribution in [2.24, 2.45) is 0 Å². The van der Waals surface area contributed by atoms with E-state index in [1.165, 1.54) is 23.9 Å².